The van der Waals surface area contributed by atoms with Gasteiger partial charge in [-0.1, -0.05) is 0 Å². The van der Waals surface area contributed by atoms with Crippen LogP contribution in [0.4, 0.5) is 0 Å². The molecule has 0 radical (unpaired) electrons. The van der Waals surface area contributed by atoms with Gasteiger partial charge in [-0.2, -0.15) is 0 Å². The molecule has 6 heteroatoms. The SMILES string of the molecule is Cc1ccsc1C(CN)N1CCOCC1C(=O)NC1CC1. The van der Waals surface area contributed by atoms with Crippen LogP contribution in [0.3, 0.4) is 0 Å². The van der Waals surface area contributed by atoms with Crippen molar-refractivity contribution >= 4 is 17.2 Å². The van der Waals surface area contributed by atoms with E-state index in [0.29, 0.717) is 25.8 Å². The van der Waals surface area contributed by atoms with Gasteiger partial charge in [-0.3, -0.25) is 9.69 Å². The fraction of sp³-hybridized carbons (Fsp3) is 0.667. The summed E-state index contributed by atoms with van der Waals surface area (Å²) in [4.78, 5) is 16.0. The average Bonchev–Trinajstić information content (AvgIpc) is 3.21. The van der Waals surface area contributed by atoms with Crippen LogP contribution in [0.5, 0.6) is 0 Å². The van der Waals surface area contributed by atoms with Gasteiger partial charge in [0.1, 0.15) is 6.04 Å². The number of nitrogens with one attached hydrogen (secondary N) is 1. The zero-order chi connectivity index (χ0) is 14.8. The van der Waals surface area contributed by atoms with Gasteiger partial charge in [0, 0.05) is 24.0 Å². The van der Waals surface area contributed by atoms with E-state index in [1.54, 1.807) is 11.3 Å². The summed E-state index contributed by atoms with van der Waals surface area (Å²) < 4.78 is 5.54. The lowest BCUT2D eigenvalue weighted by Gasteiger charge is -2.39. The Bertz CT molecular complexity index is 501. The number of hydrogen-bond donors (Lipinski definition) is 2. The fourth-order valence-electron chi connectivity index (χ4n) is 2.86. The molecule has 1 amide bonds. The van der Waals surface area contributed by atoms with E-state index in [9.17, 15) is 4.79 Å². The monoisotopic (exact) mass is 309 g/mol. The standard InChI is InChI=1S/C15H23N3O2S/c1-10-4-7-21-14(10)12(8-16)18-5-6-20-9-13(18)15(19)17-11-2-3-11/h4,7,11-13H,2-3,5-6,8-9,16H2,1H3,(H,17,19). The van der Waals surface area contributed by atoms with Gasteiger partial charge in [0.15, 0.2) is 0 Å². The maximum Gasteiger partial charge on any atom is 0.239 e. The summed E-state index contributed by atoms with van der Waals surface area (Å²) in [5.41, 5.74) is 7.29. The van der Waals surface area contributed by atoms with Crippen LogP contribution in [-0.4, -0.2) is 49.2 Å². The van der Waals surface area contributed by atoms with E-state index in [4.69, 9.17) is 10.5 Å². The highest BCUT2D eigenvalue weighted by Crippen LogP contribution is 2.31. The molecule has 1 aromatic rings. The smallest absolute Gasteiger partial charge is 0.239 e. The van der Waals surface area contributed by atoms with Gasteiger partial charge < -0.3 is 15.8 Å². The Morgan fingerprint density at radius 2 is 2.43 bits per heavy atom. The third-order valence-electron chi connectivity index (χ3n) is 4.22. The van der Waals surface area contributed by atoms with Crippen LogP contribution in [0.15, 0.2) is 11.4 Å². The zero-order valence-electron chi connectivity index (χ0n) is 12.4. The van der Waals surface area contributed by atoms with Crippen LogP contribution < -0.4 is 11.1 Å². The van der Waals surface area contributed by atoms with E-state index in [1.165, 1.54) is 10.4 Å². The van der Waals surface area contributed by atoms with Crippen LogP contribution in [0, 0.1) is 6.92 Å². The van der Waals surface area contributed by atoms with Crippen molar-refractivity contribution in [2.45, 2.75) is 37.9 Å². The number of rotatable bonds is 5. The summed E-state index contributed by atoms with van der Waals surface area (Å²) >= 11 is 1.72. The van der Waals surface area contributed by atoms with Gasteiger partial charge in [0.25, 0.3) is 0 Å². The molecule has 2 atom stereocenters. The Morgan fingerprint density at radius 3 is 3.05 bits per heavy atom. The molecule has 21 heavy (non-hydrogen) atoms. The largest absolute Gasteiger partial charge is 0.378 e. The first-order valence-electron chi connectivity index (χ1n) is 7.58. The van der Waals surface area contributed by atoms with Gasteiger partial charge in [0.2, 0.25) is 5.91 Å². The second kappa shape index (κ2) is 6.44. The normalized spacial score (nSPS) is 24.8. The molecular weight excluding hydrogens is 286 g/mol. The molecule has 1 saturated carbocycles. The molecule has 0 bridgehead atoms. The molecule has 3 N–H and O–H groups in total. The van der Waals surface area contributed by atoms with Crippen molar-refractivity contribution in [3.05, 3.63) is 21.9 Å². The van der Waals surface area contributed by atoms with E-state index in [2.05, 4.69) is 28.6 Å². The Hall–Kier alpha value is -0.950. The lowest BCUT2D eigenvalue weighted by atomic mass is 10.1. The molecule has 0 aromatic carbocycles. The van der Waals surface area contributed by atoms with E-state index in [1.807, 2.05) is 0 Å². The van der Waals surface area contributed by atoms with E-state index < -0.39 is 0 Å². The van der Waals surface area contributed by atoms with Crippen LogP contribution in [0.25, 0.3) is 0 Å². The first kappa shape index (κ1) is 15.0. The van der Waals surface area contributed by atoms with Crippen molar-refractivity contribution in [3.63, 3.8) is 0 Å². The highest BCUT2D eigenvalue weighted by atomic mass is 32.1. The molecule has 5 nitrogen and oxygen atoms in total. The molecule has 2 aliphatic rings. The molecule has 0 spiro atoms. The summed E-state index contributed by atoms with van der Waals surface area (Å²) in [6.07, 6.45) is 2.20. The summed E-state index contributed by atoms with van der Waals surface area (Å²) in [7, 11) is 0. The van der Waals surface area contributed by atoms with Crippen LogP contribution >= 0.6 is 11.3 Å². The minimum absolute atomic E-state index is 0.0878. The third kappa shape index (κ3) is 3.29. The minimum atomic E-state index is -0.227. The van der Waals surface area contributed by atoms with Gasteiger partial charge >= 0.3 is 0 Å². The minimum Gasteiger partial charge on any atom is -0.378 e. The van der Waals surface area contributed by atoms with Gasteiger partial charge in [0.05, 0.1) is 19.3 Å². The van der Waals surface area contributed by atoms with Crippen molar-refractivity contribution in [2.75, 3.05) is 26.3 Å². The molecule has 1 aliphatic carbocycles. The lowest BCUT2D eigenvalue weighted by molar-refractivity contribution is -0.134. The number of hydrogen-bond acceptors (Lipinski definition) is 5. The third-order valence-corrected chi connectivity index (χ3v) is 5.34. The summed E-state index contributed by atoms with van der Waals surface area (Å²) in [5.74, 6) is 0.0878. The predicted molar refractivity (Wildman–Crippen MR) is 83.3 cm³/mol. The molecule has 1 aromatic heterocycles. The first-order valence-corrected chi connectivity index (χ1v) is 8.46. The van der Waals surface area contributed by atoms with Crippen molar-refractivity contribution in [2.24, 2.45) is 5.73 Å². The fourth-order valence-corrected chi connectivity index (χ4v) is 3.92. The Labute approximate surface area is 129 Å². The molecule has 2 fully saturated rings. The number of carbonyl (C=O) groups excluding carboxylic acids is 1. The van der Waals surface area contributed by atoms with Crippen LogP contribution in [0.1, 0.15) is 29.3 Å². The van der Waals surface area contributed by atoms with Gasteiger partial charge in [-0.25, -0.2) is 0 Å². The quantitative estimate of drug-likeness (QED) is 0.853. The molecule has 3 rings (SSSR count). The Morgan fingerprint density at radius 1 is 1.62 bits per heavy atom. The number of nitrogens with zero attached hydrogens (tertiary/aromatic N) is 1. The van der Waals surface area contributed by atoms with E-state index in [-0.39, 0.29) is 18.0 Å². The molecule has 1 aliphatic heterocycles. The summed E-state index contributed by atoms with van der Waals surface area (Å²) in [5, 5.41) is 5.18. The Balaban J connectivity index is 1.78. The maximum atomic E-state index is 12.5. The van der Waals surface area contributed by atoms with Crippen molar-refractivity contribution in [3.8, 4) is 0 Å². The molecule has 2 heterocycles. The lowest BCUT2D eigenvalue weighted by Crippen LogP contribution is -2.56. The second-order valence-corrected chi connectivity index (χ2v) is 6.78. The number of nitrogens with two attached hydrogens (primary N) is 1. The zero-order valence-corrected chi connectivity index (χ0v) is 13.2. The van der Waals surface area contributed by atoms with Crippen molar-refractivity contribution in [1.29, 1.82) is 0 Å². The number of amides is 1. The number of thiophene rings is 1. The first-order chi connectivity index (χ1) is 10.2. The average molecular weight is 309 g/mol. The highest BCUT2D eigenvalue weighted by Gasteiger charge is 2.37. The molecule has 116 valence electrons. The molecule has 1 saturated heterocycles. The van der Waals surface area contributed by atoms with Crippen molar-refractivity contribution in [1.82, 2.24) is 10.2 Å². The van der Waals surface area contributed by atoms with E-state index in [0.717, 1.165) is 19.4 Å². The van der Waals surface area contributed by atoms with Crippen LogP contribution in [-0.2, 0) is 9.53 Å². The molecule has 2 unspecified atom stereocenters. The van der Waals surface area contributed by atoms with Crippen LogP contribution in [0.2, 0.25) is 0 Å². The van der Waals surface area contributed by atoms with E-state index >= 15 is 0 Å². The number of ether oxygens (including phenoxy) is 1. The highest BCUT2D eigenvalue weighted by molar-refractivity contribution is 7.10. The number of aryl methyl sites for hydroxylation is 1. The topological polar surface area (TPSA) is 67.6 Å². The summed E-state index contributed by atoms with van der Waals surface area (Å²) in [6, 6.07) is 2.36. The van der Waals surface area contributed by atoms with Gasteiger partial charge in [-0.15, -0.1) is 11.3 Å². The van der Waals surface area contributed by atoms with Gasteiger partial charge in [-0.05, 0) is 36.8 Å². The predicted octanol–water partition coefficient (Wildman–Crippen LogP) is 1.04. The molecular formula is C15H23N3O2S. The Kier molecular flexibility index (Phi) is 4.59. The maximum absolute atomic E-state index is 12.5. The second-order valence-electron chi connectivity index (χ2n) is 5.83. The van der Waals surface area contributed by atoms with Crippen molar-refractivity contribution < 1.29 is 9.53 Å². The summed E-state index contributed by atoms with van der Waals surface area (Å²) in [6.45, 7) is 4.50. The number of morpholine rings is 1. The number of carbonyl (C=O) groups is 1.